The Hall–Kier alpha value is -1.65. The number of aryl methyl sites for hydroxylation is 2. The number of aliphatic hydroxyl groups is 1. The second-order valence-corrected chi connectivity index (χ2v) is 6.18. The number of hydrogen-bond donors (Lipinski definition) is 2. The van der Waals surface area contributed by atoms with Crippen molar-refractivity contribution in [1.82, 2.24) is 0 Å². The van der Waals surface area contributed by atoms with E-state index in [0.29, 0.717) is 6.42 Å². The van der Waals surface area contributed by atoms with Crippen LogP contribution in [0.4, 0.5) is 5.69 Å². The highest BCUT2D eigenvalue weighted by molar-refractivity contribution is 7.14. The zero-order chi connectivity index (χ0) is 13.9. The fourth-order valence-corrected chi connectivity index (χ4v) is 3.72. The molecule has 0 unspecified atom stereocenters. The first-order valence-corrected chi connectivity index (χ1v) is 7.70. The van der Waals surface area contributed by atoms with Crippen molar-refractivity contribution >= 4 is 22.9 Å². The summed E-state index contributed by atoms with van der Waals surface area (Å²) in [7, 11) is 0. The molecule has 0 radical (unpaired) electrons. The van der Waals surface area contributed by atoms with E-state index < -0.39 is 0 Å². The molecule has 3 rings (SSSR count). The highest BCUT2D eigenvalue weighted by Crippen LogP contribution is 2.31. The quantitative estimate of drug-likeness (QED) is 0.908. The third kappa shape index (κ3) is 2.76. The zero-order valence-corrected chi connectivity index (χ0v) is 12.0. The predicted octanol–water partition coefficient (Wildman–Crippen LogP) is 3.02. The van der Waals surface area contributed by atoms with E-state index >= 15 is 0 Å². The van der Waals surface area contributed by atoms with Crippen LogP contribution in [-0.2, 0) is 19.3 Å². The summed E-state index contributed by atoms with van der Waals surface area (Å²) in [4.78, 5) is 14.4. The van der Waals surface area contributed by atoms with Crippen molar-refractivity contribution in [1.29, 1.82) is 0 Å². The smallest absolute Gasteiger partial charge is 0.265 e. The third-order valence-electron chi connectivity index (χ3n) is 3.56. The molecule has 0 aliphatic heterocycles. The summed E-state index contributed by atoms with van der Waals surface area (Å²) in [5, 5.41) is 11.9. The first kappa shape index (κ1) is 13.3. The van der Waals surface area contributed by atoms with Crippen LogP contribution in [0.1, 0.15) is 32.1 Å². The van der Waals surface area contributed by atoms with Crippen LogP contribution >= 0.6 is 11.3 Å². The summed E-state index contributed by atoms with van der Waals surface area (Å²) < 4.78 is 0. The number of nitrogens with one attached hydrogen (secondary N) is 1. The first-order chi connectivity index (χ1) is 9.76. The van der Waals surface area contributed by atoms with Gasteiger partial charge in [-0.15, -0.1) is 11.3 Å². The van der Waals surface area contributed by atoms with Gasteiger partial charge in [-0.05, 0) is 55.0 Å². The van der Waals surface area contributed by atoms with Crippen molar-refractivity contribution in [2.45, 2.75) is 25.7 Å². The Morgan fingerprint density at radius 1 is 1.30 bits per heavy atom. The molecule has 0 saturated heterocycles. The number of hydrogen-bond acceptors (Lipinski definition) is 3. The number of anilines is 1. The molecule has 0 saturated carbocycles. The Labute approximate surface area is 122 Å². The molecule has 2 aromatic rings. The summed E-state index contributed by atoms with van der Waals surface area (Å²) in [6.45, 7) is 0.120. The maximum Gasteiger partial charge on any atom is 0.265 e. The van der Waals surface area contributed by atoms with Gasteiger partial charge in [-0.3, -0.25) is 4.79 Å². The van der Waals surface area contributed by atoms with E-state index in [1.807, 2.05) is 30.3 Å². The standard InChI is InChI=1S/C16H17NO2S/c18-8-7-11-3-1-5-13(9-11)17-16(19)15-10-12-4-2-6-14(12)20-15/h1,3,5,9-10,18H,2,4,6-8H2,(H,17,19). The molecular weight excluding hydrogens is 270 g/mol. The van der Waals surface area contributed by atoms with Gasteiger partial charge in [0.25, 0.3) is 5.91 Å². The van der Waals surface area contributed by atoms with Crippen molar-refractivity contribution in [3.8, 4) is 0 Å². The molecule has 1 aromatic carbocycles. The van der Waals surface area contributed by atoms with Crippen molar-refractivity contribution in [2.75, 3.05) is 11.9 Å². The molecule has 1 aliphatic carbocycles. The van der Waals surface area contributed by atoms with Crippen LogP contribution in [0.25, 0.3) is 0 Å². The van der Waals surface area contributed by atoms with Gasteiger partial charge in [0.15, 0.2) is 0 Å². The molecule has 104 valence electrons. The second kappa shape index (κ2) is 5.77. The minimum atomic E-state index is -0.0365. The third-order valence-corrected chi connectivity index (χ3v) is 4.79. The average Bonchev–Trinajstić information content (AvgIpc) is 3.00. The lowest BCUT2D eigenvalue weighted by molar-refractivity contribution is 0.103. The van der Waals surface area contributed by atoms with Gasteiger partial charge in [-0.25, -0.2) is 0 Å². The van der Waals surface area contributed by atoms with E-state index in [4.69, 9.17) is 5.11 Å². The van der Waals surface area contributed by atoms with E-state index in [2.05, 4.69) is 5.32 Å². The molecule has 3 nitrogen and oxygen atoms in total. The van der Waals surface area contributed by atoms with Crippen LogP contribution in [0.3, 0.4) is 0 Å². The van der Waals surface area contributed by atoms with Crippen molar-refractivity contribution in [3.63, 3.8) is 0 Å². The molecule has 0 fully saturated rings. The van der Waals surface area contributed by atoms with E-state index in [1.165, 1.54) is 16.9 Å². The zero-order valence-electron chi connectivity index (χ0n) is 11.2. The van der Waals surface area contributed by atoms with Crippen molar-refractivity contribution in [2.24, 2.45) is 0 Å². The molecule has 0 atom stereocenters. The topological polar surface area (TPSA) is 49.3 Å². The maximum atomic E-state index is 12.2. The predicted molar refractivity (Wildman–Crippen MR) is 81.5 cm³/mol. The number of aliphatic hydroxyl groups excluding tert-OH is 1. The normalized spacial score (nSPS) is 13.2. The Balaban J connectivity index is 1.73. The largest absolute Gasteiger partial charge is 0.396 e. The molecule has 1 amide bonds. The molecule has 1 aromatic heterocycles. The van der Waals surface area contributed by atoms with Gasteiger partial charge >= 0.3 is 0 Å². The van der Waals surface area contributed by atoms with Crippen LogP contribution in [0.2, 0.25) is 0 Å². The lowest BCUT2D eigenvalue weighted by Crippen LogP contribution is -2.10. The van der Waals surface area contributed by atoms with E-state index in [1.54, 1.807) is 11.3 Å². The number of amides is 1. The Morgan fingerprint density at radius 3 is 3.00 bits per heavy atom. The lowest BCUT2D eigenvalue weighted by Gasteiger charge is -2.06. The number of fused-ring (bicyclic) bond motifs is 1. The van der Waals surface area contributed by atoms with Crippen LogP contribution in [0.15, 0.2) is 30.3 Å². The van der Waals surface area contributed by atoms with Crippen LogP contribution in [0, 0.1) is 0 Å². The highest BCUT2D eigenvalue weighted by atomic mass is 32.1. The van der Waals surface area contributed by atoms with E-state index in [9.17, 15) is 4.79 Å². The maximum absolute atomic E-state index is 12.2. The molecule has 0 bridgehead atoms. The number of benzene rings is 1. The van der Waals surface area contributed by atoms with E-state index in [0.717, 1.165) is 29.0 Å². The number of carbonyl (C=O) groups excluding carboxylic acids is 1. The molecule has 1 aliphatic rings. The SMILES string of the molecule is O=C(Nc1cccc(CCO)c1)c1cc2c(s1)CCC2. The van der Waals surface area contributed by atoms with Crippen LogP contribution in [0.5, 0.6) is 0 Å². The summed E-state index contributed by atoms with van der Waals surface area (Å²) >= 11 is 1.61. The van der Waals surface area contributed by atoms with Gasteiger partial charge in [0.2, 0.25) is 0 Å². The summed E-state index contributed by atoms with van der Waals surface area (Å²) in [5.74, 6) is -0.0365. The minimum absolute atomic E-state index is 0.0365. The number of carbonyl (C=O) groups is 1. The van der Waals surface area contributed by atoms with E-state index in [-0.39, 0.29) is 12.5 Å². The van der Waals surface area contributed by atoms with Gasteiger partial charge in [-0.2, -0.15) is 0 Å². The summed E-state index contributed by atoms with van der Waals surface area (Å²) in [6, 6.07) is 9.66. The summed E-state index contributed by atoms with van der Waals surface area (Å²) in [5.41, 5.74) is 3.16. The second-order valence-electron chi connectivity index (χ2n) is 5.04. The summed E-state index contributed by atoms with van der Waals surface area (Å²) in [6.07, 6.45) is 4.04. The van der Waals surface area contributed by atoms with Crippen molar-refractivity contribution < 1.29 is 9.90 Å². The van der Waals surface area contributed by atoms with Gasteiger partial charge in [0.05, 0.1) is 4.88 Å². The average molecular weight is 287 g/mol. The lowest BCUT2D eigenvalue weighted by atomic mass is 10.1. The molecule has 2 N–H and O–H groups in total. The van der Waals surface area contributed by atoms with Gasteiger partial charge in [-0.1, -0.05) is 12.1 Å². The number of thiophene rings is 1. The Bertz CT molecular complexity index is 612. The molecule has 0 spiro atoms. The highest BCUT2D eigenvalue weighted by Gasteiger charge is 2.18. The van der Waals surface area contributed by atoms with Crippen LogP contribution in [-0.4, -0.2) is 17.6 Å². The van der Waals surface area contributed by atoms with Gasteiger partial charge < -0.3 is 10.4 Å². The van der Waals surface area contributed by atoms with Crippen molar-refractivity contribution in [3.05, 3.63) is 51.2 Å². The fraction of sp³-hybridized carbons (Fsp3) is 0.312. The molecular formula is C16H17NO2S. The minimum Gasteiger partial charge on any atom is -0.396 e. The number of rotatable bonds is 4. The van der Waals surface area contributed by atoms with Gasteiger partial charge in [0, 0.05) is 17.2 Å². The molecule has 1 heterocycles. The Kier molecular flexibility index (Phi) is 3.85. The monoisotopic (exact) mass is 287 g/mol. The van der Waals surface area contributed by atoms with Gasteiger partial charge in [0.1, 0.15) is 0 Å². The first-order valence-electron chi connectivity index (χ1n) is 6.89. The molecule has 4 heteroatoms. The fourth-order valence-electron chi connectivity index (χ4n) is 2.57. The molecule has 20 heavy (non-hydrogen) atoms. The Morgan fingerprint density at radius 2 is 2.20 bits per heavy atom. The van der Waals surface area contributed by atoms with Crippen LogP contribution < -0.4 is 5.32 Å².